The summed E-state index contributed by atoms with van der Waals surface area (Å²) in [6.07, 6.45) is 1.52. The van der Waals surface area contributed by atoms with Crippen molar-refractivity contribution in [1.82, 2.24) is 9.88 Å². The molecule has 2 heterocycles. The van der Waals surface area contributed by atoms with Crippen molar-refractivity contribution in [3.05, 3.63) is 42.2 Å². The lowest BCUT2D eigenvalue weighted by atomic mass is 10.1. The van der Waals surface area contributed by atoms with Crippen LogP contribution in [0.1, 0.15) is 25.0 Å². The highest BCUT2D eigenvalue weighted by Crippen LogP contribution is 2.20. The molecule has 2 aromatic rings. The first-order chi connectivity index (χ1) is 11.5. The number of hydrogen-bond acceptors (Lipinski definition) is 6. The fraction of sp³-hybridized carbons (Fsp3) is 0.375. The van der Waals surface area contributed by atoms with Crippen molar-refractivity contribution in [2.24, 2.45) is 0 Å². The Balaban J connectivity index is 1.60. The number of carbonyl (C=O) groups excluding carboxylic acids is 1. The highest BCUT2D eigenvalue weighted by Gasteiger charge is 2.23. The second-order valence-electron chi connectivity index (χ2n) is 5.67. The minimum atomic E-state index is -3.83. The van der Waals surface area contributed by atoms with Crippen molar-refractivity contribution in [3.8, 4) is 11.3 Å². The lowest BCUT2D eigenvalue weighted by Gasteiger charge is -2.09. The van der Waals surface area contributed by atoms with Gasteiger partial charge in [0.15, 0.2) is 5.76 Å². The number of ether oxygens (including phenoxy) is 1. The number of carbonyl (C=O) groups is 1. The number of sulfonamides is 1. The number of nitrogens with one attached hydrogen (secondary N) is 1. The first kappa shape index (κ1) is 16.7. The van der Waals surface area contributed by atoms with Gasteiger partial charge in [0.25, 0.3) is 0 Å². The molecule has 1 fully saturated rings. The monoisotopic (exact) mass is 350 g/mol. The SMILES string of the molecule is O=C(C[C@H]1CCCO1)NS(=O)(=O)Cc1cc(-c2ccccc2)no1. The summed E-state index contributed by atoms with van der Waals surface area (Å²) in [5.41, 5.74) is 1.37. The Hall–Kier alpha value is -2.19. The number of aromatic nitrogens is 1. The van der Waals surface area contributed by atoms with E-state index < -0.39 is 21.7 Å². The fourth-order valence-electron chi connectivity index (χ4n) is 2.58. The van der Waals surface area contributed by atoms with Crippen molar-refractivity contribution in [1.29, 1.82) is 0 Å². The molecule has 1 aliphatic rings. The average molecular weight is 350 g/mol. The van der Waals surface area contributed by atoms with Gasteiger partial charge in [-0.05, 0) is 12.8 Å². The molecule has 1 N–H and O–H groups in total. The Morgan fingerprint density at radius 3 is 2.79 bits per heavy atom. The lowest BCUT2D eigenvalue weighted by molar-refractivity contribution is -0.121. The van der Waals surface area contributed by atoms with Gasteiger partial charge in [0, 0.05) is 18.2 Å². The van der Waals surface area contributed by atoms with Gasteiger partial charge in [-0.1, -0.05) is 35.5 Å². The van der Waals surface area contributed by atoms with Gasteiger partial charge in [-0.15, -0.1) is 0 Å². The fourth-order valence-corrected chi connectivity index (χ4v) is 3.59. The van der Waals surface area contributed by atoms with Gasteiger partial charge in [0.2, 0.25) is 15.9 Å². The maximum atomic E-state index is 12.1. The predicted octanol–water partition coefficient (Wildman–Crippen LogP) is 1.86. The highest BCUT2D eigenvalue weighted by molar-refractivity contribution is 7.89. The molecule has 24 heavy (non-hydrogen) atoms. The molecule has 1 saturated heterocycles. The van der Waals surface area contributed by atoms with Crippen LogP contribution in [0.3, 0.4) is 0 Å². The van der Waals surface area contributed by atoms with Crippen molar-refractivity contribution in [2.45, 2.75) is 31.1 Å². The summed E-state index contributed by atoms with van der Waals surface area (Å²) >= 11 is 0. The third kappa shape index (κ3) is 4.42. The third-order valence-corrected chi connectivity index (χ3v) is 4.87. The second kappa shape index (κ2) is 7.14. The Kier molecular flexibility index (Phi) is 4.96. The lowest BCUT2D eigenvalue weighted by Crippen LogP contribution is -2.33. The van der Waals surface area contributed by atoms with Crippen LogP contribution < -0.4 is 4.72 Å². The van der Waals surface area contributed by atoms with E-state index in [9.17, 15) is 13.2 Å². The van der Waals surface area contributed by atoms with Crippen LogP contribution in [-0.4, -0.2) is 32.2 Å². The molecular weight excluding hydrogens is 332 g/mol. The molecule has 1 atom stereocenters. The van der Waals surface area contributed by atoms with Gasteiger partial charge in [-0.2, -0.15) is 0 Å². The van der Waals surface area contributed by atoms with Crippen molar-refractivity contribution < 1.29 is 22.5 Å². The molecule has 0 bridgehead atoms. The van der Waals surface area contributed by atoms with E-state index in [1.807, 2.05) is 35.1 Å². The Morgan fingerprint density at radius 1 is 1.29 bits per heavy atom. The standard InChI is InChI=1S/C16H18N2O5S/c19-16(10-13-7-4-8-22-13)18-24(20,21)11-14-9-15(17-23-14)12-5-2-1-3-6-12/h1-3,5-6,9,13H,4,7-8,10-11H2,(H,18,19)/t13-/m1/s1. The Labute approximate surface area is 140 Å². The molecule has 0 aliphatic carbocycles. The van der Waals surface area contributed by atoms with Crippen LogP contribution in [0.25, 0.3) is 11.3 Å². The Morgan fingerprint density at radius 2 is 2.08 bits per heavy atom. The molecule has 1 aromatic carbocycles. The zero-order valence-electron chi connectivity index (χ0n) is 13.0. The summed E-state index contributed by atoms with van der Waals surface area (Å²) < 4.78 is 36.6. The summed E-state index contributed by atoms with van der Waals surface area (Å²) in [7, 11) is -3.83. The molecule has 1 amide bonds. The predicted molar refractivity (Wildman–Crippen MR) is 86.3 cm³/mol. The zero-order valence-corrected chi connectivity index (χ0v) is 13.8. The van der Waals surface area contributed by atoms with E-state index in [1.165, 1.54) is 0 Å². The van der Waals surface area contributed by atoms with Crippen LogP contribution in [0.5, 0.6) is 0 Å². The van der Waals surface area contributed by atoms with Gasteiger partial charge in [0.05, 0.1) is 12.5 Å². The maximum Gasteiger partial charge on any atom is 0.242 e. The average Bonchev–Trinajstić information content (AvgIpc) is 3.19. The number of hydrogen-bond donors (Lipinski definition) is 1. The molecule has 0 spiro atoms. The largest absolute Gasteiger partial charge is 0.378 e. The van der Waals surface area contributed by atoms with E-state index in [-0.39, 0.29) is 18.3 Å². The van der Waals surface area contributed by atoms with Crippen LogP contribution in [0.15, 0.2) is 40.9 Å². The molecule has 7 nitrogen and oxygen atoms in total. The van der Waals surface area contributed by atoms with Crippen molar-refractivity contribution >= 4 is 15.9 Å². The van der Waals surface area contributed by atoms with Gasteiger partial charge in [-0.25, -0.2) is 8.42 Å². The summed E-state index contributed by atoms with van der Waals surface area (Å²) in [6, 6.07) is 10.8. The third-order valence-electron chi connectivity index (χ3n) is 3.67. The summed E-state index contributed by atoms with van der Waals surface area (Å²) in [6.45, 7) is 0.616. The van der Waals surface area contributed by atoms with E-state index >= 15 is 0 Å². The minimum absolute atomic E-state index is 0.0465. The molecular formula is C16H18N2O5S. The highest BCUT2D eigenvalue weighted by atomic mass is 32.2. The molecule has 3 rings (SSSR count). The molecule has 0 radical (unpaired) electrons. The number of benzene rings is 1. The van der Waals surface area contributed by atoms with E-state index in [0.717, 1.165) is 18.4 Å². The number of amides is 1. The van der Waals surface area contributed by atoms with Gasteiger partial charge < -0.3 is 9.26 Å². The maximum absolute atomic E-state index is 12.1. The molecule has 1 aliphatic heterocycles. The van der Waals surface area contributed by atoms with Gasteiger partial charge in [0.1, 0.15) is 11.4 Å². The van der Waals surface area contributed by atoms with Crippen LogP contribution >= 0.6 is 0 Å². The van der Waals surface area contributed by atoms with E-state index in [1.54, 1.807) is 6.07 Å². The second-order valence-corrected chi connectivity index (χ2v) is 7.39. The molecule has 1 aromatic heterocycles. The number of rotatable bonds is 6. The molecule has 0 saturated carbocycles. The number of nitrogens with zero attached hydrogens (tertiary/aromatic N) is 1. The quantitative estimate of drug-likeness (QED) is 0.854. The van der Waals surface area contributed by atoms with Crippen molar-refractivity contribution in [3.63, 3.8) is 0 Å². The first-order valence-corrected chi connectivity index (χ1v) is 9.33. The van der Waals surface area contributed by atoms with Gasteiger partial charge in [-0.3, -0.25) is 9.52 Å². The smallest absolute Gasteiger partial charge is 0.242 e. The van der Waals surface area contributed by atoms with Crippen LogP contribution in [0, 0.1) is 0 Å². The summed E-state index contributed by atoms with van der Waals surface area (Å²) in [5.74, 6) is -0.833. The summed E-state index contributed by atoms with van der Waals surface area (Å²) in [5, 5.41) is 3.86. The van der Waals surface area contributed by atoms with E-state index in [2.05, 4.69) is 5.16 Å². The zero-order chi connectivity index (χ0) is 17.0. The normalized spacial score (nSPS) is 17.8. The molecule has 128 valence electrons. The molecule has 8 heteroatoms. The first-order valence-electron chi connectivity index (χ1n) is 7.68. The van der Waals surface area contributed by atoms with Crippen LogP contribution in [-0.2, 0) is 25.3 Å². The summed E-state index contributed by atoms with van der Waals surface area (Å²) in [4.78, 5) is 11.8. The Bertz CT molecular complexity index is 795. The van der Waals surface area contributed by atoms with Crippen LogP contribution in [0.2, 0.25) is 0 Å². The van der Waals surface area contributed by atoms with Crippen molar-refractivity contribution in [2.75, 3.05) is 6.61 Å². The molecule has 0 unspecified atom stereocenters. The van der Waals surface area contributed by atoms with Gasteiger partial charge >= 0.3 is 0 Å². The topological polar surface area (TPSA) is 98.5 Å². The van der Waals surface area contributed by atoms with Crippen LogP contribution in [0.4, 0.5) is 0 Å². The van der Waals surface area contributed by atoms with E-state index in [4.69, 9.17) is 9.26 Å². The minimum Gasteiger partial charge on any atom is -0.378 e. The van der Waals surface area contributed by atoms with E-state index in [0.29, 0.717) is 12.3 Å².